The van der Waals surface area contributed by atoms with Crippen LogP contribution in [0.25, 0.3) is 0 Å². The SMILES string of the molecule is C=C(C(=O)N[C@H](C)[C@@H](O)c1ccccc1)[C@@H](OC)[C@@H]1CCCN1C(=O)C[C@@H](OC)[C@H]([C@@H](C)CC)N(C)C(=O)[C@@H](NC(=O)[C@H](C(C)C)N(C)C(=O)OC(Cc1cn(CCNC(=O)CBr)nn1)c1ccc(OC[C@@H]2O[C@H](C(=O)O)[C@@H](O)[C@H](O)[C@H]2O)c([N+](=O)[O-])c1)C(C)C. The number of aromatic nitrogens is 3. The lowest BCUT2D eigenvalue weighted by Gasteiger charge is -2.41. The van der Waals surface area contributed by atoms with Gasteiger partial charge >= 0.3 is 17.7 Å². The molecule has 0 radical (unpaired) electrons. The third kappa shape index (κ3) is 19.2. The number of likely N-dealkylation sites (tertiary alicyclic amines) is 1. The highest BCUT2D eigenvalue weighted by atomic mass is 79.9. The number of nitro groups is 1. The monoisotopic (exact) mass is 1340 g/mol. The smallest absolute Gasteiger partial charge is 0.410 e. The van der Waals surface area contributed by atoms with Gasteiger partial charge in [0.2, 0.25) is 29.5 Å². The Morgan fingerprint density at radius 3 is 2.20 bits per heavy atom. The lowest BCUT2D eigenvalue weighted by molar-refractivity contribution is -0.386. The second kappa shape index (κ2) is 34.5. The first-order valence-electron chi connectivity index (χ1n) is 30.1. The second-order valence-corrected chi connectivity index (χ2v) is 24.2. The van der Waals surface area contributed by atoms with Gasteiger partial charge in [0.1, 0.15) is 55.3 Å². The van der Waals surface area contributed by atoms with E-state index < -0.39 is 150 Å². The van der Waals surface area contributed by atoms with Crippen LogP contribution in [0.4, 0.5) is 10.5 Å². The number of carboxylic acid groups (broad SMARTS) is 1. The molecule has 3 heterocycles. The van der Waals surface area contributed by atoms with Crippen LogP contribution in [0.1, 0.15) is 103 Å². The molecular formula is C61H89BrN10O19. The molecule has 0 aliphatic carbocycles. The highest BCUT2D eigenvalue weighted by Gasteiger charge is 2.48. The van der Waals surface area contributed by atoms with Crippen LogP contribution in [0.15, 0.2) is 66.9 Å². The van der Waals surface area contributed by atoms with Gasteiger partial charge < -0.3 is 75.0 Å². The van der Waals surface area contributed by atoms with Crippen molar-refractivity contribution in [3.63, 3.8) is 0 Å². The first-order chi connectivity index (χ1) is 43.0. The minimum absolute atomic E-state index is 0.0290. The number of carbonyl (C=O) groups is 7. The number of likely N-dealkylation sites (N-methyl/N-ethyl adjacent to an activating group) is 2. The summed E-state index contributed by atoms with van der Waals surface area (Å²) in [5.41, 5.74) is 0.277. The van der Waals surface area contributed by atoms with Gasteiger partial charge in [-0.2, -0.15) is 0 Å². The van der Waals surface area contributed by atoms with Crippen molar-refractivity contribution >= 4 is 63.2 Å². The van der Waals surface area contributed by atoms with Crippen LogP contribution in [-0.2, 0) is 60.7 Å². The van der Waals surface area contributed by atoms with Crippen LogP contribution in [-0.4, -0.2) is 228 Å². The van der Waals surface area contributed by atoms with Crippen LogP contribution >= 0.6 is 15.9 Å². The number of halogens is 1. The number of methoxy groups -OCH3 is 2. The van der Waals surface area contributed by atoms with Crippen LogP contribution in [0.5, 0.6) is 5.75 Å². The number of carboxylic acids is 1. The summed E-state index contributed by atoms with van der Waals surface area (Å²) in [6.45, 7) is 16.4. The molecule has 30 heteroatoms. The van der Waals surface area contributed by atoms with Crippen molar-refractivity contribution in [3.8, 4) is 5.75 Å². The number of benzene rings is 2. The molecule has 504 valence electrons. The number of aliphatic hydroxyl groups is 4. The number of nitrogens with one attached hydrogen (secondary N) is 3. The third-order valence-electron chi connectivity index (χ3n) is 16.7. The molecule has 2 aliphatic rings. The Bertz CT molecular complexity index is 2980. The number of hydrogen-bond acceptors (Lipinski definition) is 20. The Balaban J connectivity index is 1.35. The molecule has 5 rings (SSSR count). The van der Waals surface area contributed by atoms with E-state index >= 15 is 0 Å². The van der Waals surface area contributed by atoms with Crippen molar-refractivity contribution in [1.29, 1.82) is 0 Å². The Kier molecular flexibility index (Phi) is 28.2. The fourth-order valence-corrected chi connectivity index (χ4v) is 11.6. The molecule has 2 aliphatic heterocycles. The molecule has 0 saturated carbocycles. The second-order valence-electron chi connectivity index (χ2n) is 23.7. The summed E-state index contributed by atoms with van der Waals surface area (Å²) in [6.07, 6.45) is -11.8. The molecule has 6 amide bonds. The van der Waals surface area contributed by atoms with E-state index in [1.54, 1.807) is 70.8 Å². The highest BCUT2D eigenvalue weighted by Crippen LogP contribution is 2.35. The molecule has 0 bridgehead atoms. The predicted octanol–water partition coefficient (Wildman–Crippen LogP) is 2.61. The summed E-state index contributed by atoms with van der Waals surface area (Å²) in [5.74, 6) is -5.83. The summed E-state index contributed by atoms with van der Waals surface area (Å²) in [5, 5.41) is 80.9. The van der Waals surface area contributed by atoms with E-state index in [1.165, 1.54) is 43.1 Å². The van der Waals surface area contributed by atoms with Gasteiger partial charge in [0.05, 0.1) is 59.2 Å². The van der Waals surface area contributed by atoms with Gasteiger partial charge in [0.25, 0.3) is 0 Å². The maximum atomic E-state index is 15.0. The fourth-order valence-electron chi connectivity index (χ4n) is 11.4. The zero-order chi connectivity index (χ0) is 67.7. The van der Waals surface area contributed by atoms with E-state index in [4.69, 9.17) is 23.7 Å². The summed E-state index contributed by atoms with van der Waals surface area (Å²) >= 11 is 3.09. The van der Waals surface area contributed by atoms with Gasteiger partial charge in [-0.15, -0.1) is 5.10 Å². The number of carbonyl (C=O) groups excluding carboxylic acids is 6. The fraction of sp³-hybridized carbons (Fsp3) is 0.623. The van der Waals surface area contributed by atoms with E-state index in [0.29, 0.717) is 31.4 Å². The topological polar surface area (TPSA) is 386 Å². The number of alkyl halides is 1. The molecular weight excluding hydrogens is 1260 g/mol. The molecule has 3 aromatic rings. The zero-order valence-electron chi connectivity index (χ0n) is 53.2. The van der Waals surface area contributed by atoms with Crippen LogP contribution in [0, 0.1) is 27.9 Å². The summed E-state index contributed by atoms with van der Waals surface area (Å²) in [4.78, 5) is 112. The summed E-state index contributed by atoms with van der Waals surface area (Å²) in [6, 6.07) is 7.96. The van der Waals surface area contributed by atoms with Crippen LogP contribution in [0.2, 0.25) is 0 Å². The maximum absolute atomic E-state index is 15.0. The lowest BCUT2D eigenvalue weighted by atomic mass is 9.89. The number of aliphatic hydroxyl groups excluding tert-OH is 4. The standard InChI is InChI=1S/C61H89BrN10O19/c1-13-34(6)50(44(87-11)28-47(74)71-24-17-20-40(71)55(88-12)35(7)57(79)64-36(8)51(75)37-18-15-14-16-19-37)68(9)59(81)48(32(2)3)65-58(80)49(33(4)5)69(10)61(84)91-43(27-39-30-70(67-66-39)25-23-63-46(73)29-62)38-21-22-42(41(26-38)72(85)86)89-31-45-52(76)53(77)54(78)56(90-45)60(82)83/h14-16,18-19,21-22,26,30,32-34,36,40,43-45,48-56,75-78H,7,13,17,20,23-25,27-29,31H2,1-6,8-12H3,(H,63,73)(H,64,79)(H,65,80)(H,82,83)/t34-,36+,40-,43?,44+,45-,48-,49-,50-,51+,52-,53+,54-,55+,56-/m0/s1. The predicted molar refractivity (Wildman–Crippen MR) is 331 cm³/mol. The van der Waals surface area contributed by atoms with Gasteiger partial charge in [-0.25, -0.2) is 9.59 Å². The van der Waals surface area contributed by atoms with E-state index in [9.17, 15) is 69.2 Å². The highest BCUT2D eigenvalue weighted by molar-refractivity contribution is 9.09. The number of aliphatic carboxylic acids is 1. The average molecular weight is 1350 g/mol. The largest absolute Gasteiger partial charge is 0.484 e. The van der Waals surface area contributed by atoms with Gasteiger partial charge in [-0.3, -0.25) is 43.7 Å². The summed E-state index contributed by atoms with van der Waals surface area (Å²) < 4.78 is 30.4. The summed E-state index contributed by atoms with van der Waals surface area (Å²) in [7, 11) is 5.77. The molecule has 29 nitrogen and oxygen atoms in total. The lowest BCUT2D eigenvalue weighted by Crippen LogP contribution is -2.61. The molecule has 2 saturated heterocycles. The van der Waals surface area contributed by atoms with E-state index in [2.05, 4.69) is 48.8 Å². The number of hydrogen-bond donors (Lipinski definition) is 8. The molecule has 2 aromatic carbocycles. The zero-order valence-corrected chi connectivity index (χ0v) is 54.8. The van der Waals surface area contributed by atoms with Crippen molar-refractivity contribution in [2.45, 2.75) is 172 Å². The van der Waals surface area contributed by atoms with E-state index in [1.807, 2.05) is 19.9 Å². The quantitative estimate of drug-likeness (QED) is 0.0188. The molecule has 0 spiro atoms. The number of nitro benzene ring substituents is 1. The van der Waals surface area contributed by atoms with E-state index in [0.717, 1.165) is 17.0 Å². The van der Waals surface area contributed by atoms with Crippen LogP contribution < -0.4 is 20.7 Å². The third-order valence-corrected chi connectivity index (χ3v) is 17.2. The van der Waals surface area contributed by atoms with E-state index in [-0.39, 0.29) is 65.8 Å². The normalized spacial score (nSPS) is 21.2. The Morgan fingerprint density at radius 1 is 0.923 bits per heavy atom. The minimum Gasteiger partial charge on any atom is -0.484 e. The number of rotatable bonds is 33. The van der Waals surface area contributed by atoms with Gasteiger partial charge in [-0.1, -0.05) is 112 Å². The van der Waals surface area contributed by atoms with Crippen molar-refractivity contribution in [2.75, 3.05) is 53.3 Å². The Hall–Kier alpha value is -7.19. The molecule has 15 atom stereocenters. The molecule has 1 aromatic heterocycles. The van der Waals surface area contributed by atoms with Gasteiger partial charge in [-0.05, 0) is 54.7 Å². The van der Waals surface area contributed by atoms with Crippen molar-refractivity contribution < 1.29 is 87.7 Å². The number of nitrogens with zero attached hydrogens (tertiary/aromatic N) is 7. The number of ether oxygens (including phenoxy) is 5. The molecule has 91 heavy (non-hydrogen) atoms. The molecule has 8 N–H and O–H groups in total. The van der Waals surface area contributed by atoms with Gasteiger partial charge in [0, 0.05) is 65.7 Å². The minimum atomic E-state index is -1.99. The van der Waals surface area contributed by atoms with Crippen molar-refractivity contribution in [1.82, 2.24) is 45.6 Å². The first kappa shape index (κ1) is 74.5. The van der Waals surface area contributed by atoms with Crippen molar-refractivity contribution in [3.05, 3.63) is 93.8 Å². The Morgan fingerprint density at radius 2 is 1.60 bits per heavy atom. The van der Waals surface area contributed by atoms with Gasteiger partial charge in [0.15, 0.2) is 11.9 Å². The maximum Gasteiger partial charge on any atom is 0.410 e. The number of amides is 6. The van der Waals surface area contributed by atoms with Crippen molar-refractivity contribution in [2.24, 2.45) is 17.8 Å². The van der Waals surface area contributed by atoms with Crippen LogP contribution in [0.3, 0.4) is 0 Å². The molecule has 2 fully saturated rings. The first-order valence-corrected chi connectivity index (χ1v) is 31.3. The Labute approximate surface area is 537 Å². The molecule has 1 unspecified atom stereocenters. The average Bonchev–Trinajstić information content (AvgIpc) is 1.98.